The van der Waals surface area contributed by atoms with Crippen LogP contribution in [0.1, 0.15) is 51.9 Å². The van der Waals surface area contributed by atoms with Gasteiger partial charge in [0.05, 0.1) is 5.92 Å². The smallest absolute Gasteiger partial charge is 0.306 e. The van der Waals surface area contributed by atoms with Crippen molar-refractivity contribution in [3.05, 3.63) is 36.0 Å². The molecule has 0 saturated heterocycles. The summed E-state index contributed by atoms with van der Waals surface area (Å²) >= 11 is 0. The third kappa shape index (κ3) is 3.52. The lowest BCUT2D eigenvalue weighted by Gasteiger charge is -2.36. The van der Waals surface area contributed by atoms with Crippen LogP contribution in [0.25, 0.3) is 0 Å². The van der Waals surface area contributed by atoms with E-state index >= 15 is 0 Å². The van der Waals surface area contributed by atoms with Crippen molar-refractivity contribution in [2.45, 2.75) is 51.9 Å². The summed E-state index contributed by atoms with van der Waals surface area (Å²) in [5.41, 5.74) is 2.08. The number of carbonyl (C=O) groups excluding carboxylic acids is 1. The first-order valence-corrected chi connectivity index (χ1v) is 7.73. The van der Waals surface area contributed by atoms with Gasteiger partial charge in [0.1, 0.15) is 0 Å². The Bertz CT molecular complexity index is 503. The van der Waals surface area contributed by atoms with Crippen molar-refractivity contribution in [2.75, 3.05) is 0 Å². The summed E-state index contributed by atoms with van der Waals surface area (Å²) in [4.78, 5) is 22.5. The molecular formula is C18H24O3. The molecule has 0 heterocycles. The predicted molar refractivity (Wildman–Crippen MR) is 82.9 cm³/mol. The Kier molecular flexibility index (Phi) is 4.81. The summed E-state index contributed by atoms with van der Waals surface area (Å²) in [5, 5.41) is 9.08. The first kappa shape index (κ1) is 15.7. The van der Waals surface area contributed by atoms with E-state index < -0.39 is 5.97 Å². The van der Waals surface area contributed by atoms with Gasteiger partial charge < -0.3 is 5.11 Å². The molecule has 0 atom stereocenters. The first-order valence-electron chi connectivity index (χ1n) is 7.73. The minimum absolute atomic E-state index is 0.0273. The molecule has 0 spiro atoms. The van der Waals surface area contributed by atoms with Crippen molar-refractivity contribution in [1.29, 1.82) is 0 Å². The summed E-state index contributed by atoms with van der Waals surface area (Å²) in [6, 6.07) is 0. The fourth-order valence-electron chi connectivity index (χ4n) is 3.38. The molecule has 2 aliphatic carbocycles. The minimum atomic E-state index is -0.673. The molecule has 0 bridgehead atoms. The van der Waals surface area contributed by atoms with Crippen molar-refractivity contribution < 1.29 is 14.7 Å². The number of carboxylic acids is 1. The molecule has 0 unspecified atom stereocenters. The number of carboxylic acid groups (broad SMARTS) is 1. The molecule has 1 fully saturated rings. The molecule has 1 saturated carbocycles. The van der Waals surface area contributed by atoms with E-state index in [0.29, 0.717) is 6.42 Å². The number of allylic oxidation sites excluding steroid dienone is 5. The van der Waals surface area contributed by atoms with Crippen LogP contribution >= 0.6 is 0 Å². The average Bonchev–Trinajstić information content (AvgIpc) is 2.80. The molecule has 0 radical (unpaired) electrons. The second-order valence-electron chi connectivity index (χ2n) is 6.36. The maximum atomic E-state index is 11.5. The molecule has 0 amide bonds. The largest absolute Gasteiger partial charge is 0.481 e. The Morgan fingerprint density at radius 3 is 2.52 bits per heavy atom. The normalized spacial score (nSPS) is 30.1. The molecule has 0 aliphatic heterocycles. The molecule has 2 aliphatic rings. The minimum Gasteiger partial charge on any atom is -0.481 e. The van der Waals surface area contributed by atoms with E-state index in [-0.39, 0.29) is 17.1 Å². The zero-order valence-electron chi connectivity index (χ0n) is 12.7. The summed E-state index contributed by atoms with van der Waals surface area (Å²) < 4.78 is 0. The highest BCUT2D eigenvalue weighted by Gasteiger charge is 2.34. The number of aliphatic carboxylic acids is 1. The van der Waals surface area contributed by atoms with Crippen LogP contribution in [0.3, 0.4) is 0 Å². The maximum absolute atomic E-state index is 11.5. The van der Waals surface area contributed by atoms with Crippen LogP contribution in [0.5, 0.6) is 0 Å². The van der Waals surface area contributed by atoms with Gasteiger partial charge in [0.2, 0.25) is 0 Å². The van der Waals surface area contributed by atoms with Crippen LogP contribution in [0.15, 0.2) is 36.0 Å². The second-order valence-corrected chi connectivity index (χ2v) is 6.36. The third-order valence-corrected chi connectivity index (χ3v) is 5.13. The lowest BCUT2D eigenvalue weighted by molar-refractivity contribution is -0.143. The Balaban J connectivity index is 1.96. The summed E-state index contributed by atoms with van der Waals surface area (Å²) in [6.07, 6.45) is 11.8. The van der Waals surface area contributed by atoms with E-state index in [1.165, 1.54) is 0 Å². The number of Topliss-reactive ketones (excluding diaryl/α,β-unsaturated/α-hetero) is 1. The summed E-state index contributed by atoms with van der Waals surface area (Å²) in [5.74, 6) is -0.608. The van der Waals surface area contributed by atoms with Crippen LogP contribution in [0.2, 0.25) is 0 Å². The Labute approximate surface area is 126 Å². The van der Waals surface area contributed by atoms with Crippen molar-refractivity contribution >= 4 is 11.8 Å². The number of carbonyl (C=O) groups is 2. The Morgan fingerprint density at radius 1 is 1.38 bits per heavy atom. The molecule has 0 aromatic carbocycles. The SMILES string of the molecule is C=CC1(CC=CC2=C(C)C(=O)CC2)CCC(C(=O)O)CC1. The van der Waals surface area contributed by atoms with Crippen LogP contribution in [-0.4, -0.2) is 16.9 Å². The van der Waals surface area contributed by atoms with Gasteiger partial charge in [-0.2, -0.15) is 0 Å². The number of ketones is 1. The fraction of sp³-hybridized carbons (Fsp3) is 0.556. The molecular weight excluding hydrogens is 264 g/mol. The van der Waals surface area contributed by atoms with Gasteiger partial charge in [0.15, 0.2) is 5.78 Å². The third-order valence-electron chi connectivity index (χ3n) is 5.13. The fourth-order valence-corrected chi connectivity index (χ4v) is 3.38. The van der Waals surface area contributed by atoms with Crippen LogP contribution < -0.4 is 0 Å². The zero-order chi connectivity index (χ0) is 15.5. The summed E-state index contributed by atoms with van der Waals surface area (Å²) in [6.45, 7) is 5.86. The number of rotatable bonds is 5. The lowest BCUT2D eigenvalue weighted by atomic mass is 9.68. The van der Waals surface area contributed by atoms with Gasteiger partial charge in [-0.1, -0.05) is 18.2 Å². The quantitative estimate of drug-likeness (QED) is 0.776. The predicted octanol–water partition coefficient (Wildman–Crippen LogP) is 4.06. The van der Waals surface area contributed by atoms with E-state index in [4.69, 9.17) is 5.11 Å². The first-order chi connectivity index (χ1) is 9.97. The van der Waals surface area contributed by atoms with Crippen LogP contribution in [0, 0.1) is 11.3 Å². The Hall–Kier alpha value is -1.64. The van der Waals surface area contributed by atoms with E-state index in [9.17, 15) is 9.59 Å². The zero-order valence-corrected chi connectivity index (χ0v) is 12.7. The van der Waals surface area contributed by atoms with Crippen molar-refractivity contribution in [3.8, 4) is 0 Å². The average molecular weight is 288 g/mol. The van der Waals surface area contributed by atoms with Gasteiger partial charge in [-0.15, -0.1) is 6.58 Å². The Morgan fingerprint density at radius 2 is 2.05 bits per heavy atom. The highest BCUT2D eigenvalue weighted by Crippen LogP contribution is 2.43. The van der Waals surface area contributed by atoms with Gasteiger partial charge in [0.25, 0.3) is 0 Å². The van der Waals surface area contributed by atoms with Crippen molar-refractivity contribution in [1.82, 2.24) is 0 Å². The maximum Gasteiger partial charge on any atom is 0.306 e. The number of hydrogen-bond donors (Lipinski definition) is 1. The standard InChI is InChI=1S/C18H24O3/c1-3-18(11-8-15(9-12-18)17(20)21)10-4-5-14-6-7-16(19)13(14)2/h3-5,15H,1,6-12H2,2H3,(H,20,21). The molecule has 2 rings (SSSR count). The van der Waals surface area contributed by atoms with Crippen LogP contribution in [-0.2, 0) is 9.59 Å². The molecule has 0 aromatic rings. The van der Waals surface area contributed by atoms with E-state index in [2.05, 4.69) is 18.7 Å². The number of hydrogen-bond acceptors (Lipinski definition) is 2. The van der Waals surface area contributed by atoms with E-state index in [1.54, 1.807) is 0 Å². The molecule has 0 aromatic heterocycles. The molecule has 3 heteroatoms. The second kappa shape index (κ2) is 6.42. The van der Waals surface area contributed by atoms with Gasteiger partial charge in [0, 0.05) is 6.42 Å². The van der Waals surface area contributed by atoms with Crippen LogP contribution in [0.4, 0.5) is 0 Å². The highest BCUT2D eigenvalue weighted by atomic mass is 16.4. The summed E-state index contributed by atoms with van der Waals surface area (Å²) in [7, 11) is 0. The van der Waals surface area contributed by atoms with Gasteiger partial charge >= 0.3 is 5.97 Å². The monoisotopic (exact) mass is 288 g/mol. The van der Waals surface area contributed by atoms with Crippen molar-refractivity contribution in [2.24, 2.45) is 11.3 Å². The topological polar surface area (TPSA) is 54.4 Å². The van der Waals surface area contributed by atoms with E-state index in [1.807, 2.05) is 13.0 Å². The molecule has 3 nitrogen and oxygen atoms in total. The van der Waals surface area contributed by atoms with Gasteiger partial charge in [-0.3, -0.25) is 9.59 Å². The molecule has 1 N–H and O–H groups in total. The molecule has 114 valence electrons. The van der Waals surface area contributed by atoms with E-state index in [0.717, 1.165) is 49.7 Å². The molecule has 21 heavy (non-hydrogen) atoms. The highest BCUT2D eigenvalue weighted by molar-refractivity contribution is 5.98. The van der Waals surface area contributed by atoms with Gasteiger partial charge in [-0.25, -0.2) is 0 Å². The van der Waals surface area contributed by atoms with Gasteiger partial charge in [-0.05, 0) is 62.0 Å². The lowest BCUT2D eigenvalue weighted by Crippen LogP contribution is -2.28. The van der Waals surface area contributed by atoms with Crippen molar-refractivity contribution in [3.63, 3.8) is 0 Å².